The Morgan fingerprint density at radius 1 is 1.07 bits per heavy atom. The summed E-state index contributed by atoms with van der Waals surface area (Å²) in [5.74, 6) is 1.09. The third-order valence-electron chi connectivity index (χ3n) is 4.78. The lowest BCUT2D eigenvalue weighted by Gasteiger charge is -2.30. The van der Waals surface area contributed by atoms with Crippen LogP contribution in [0.25, 0.3) is 10.8 Å². The monoisotopic (exact) mass is 371 g/mol. The Labute approximate surface area is 163 Å². The van der Waals surface area contributed by atoms with Crippen molar-refractivity contribution in [3.8, 4) is 5.75 Å². The summed E-state index contributed by atoms with van der Waals surface area (Å²) in [6.07, 6.45) is 1.75. The van der Waals surface area contributed by atoms with E-state index in [0.717, 1.165) is 28.6 Å². The molecule has 0 aliphatic carbocycles. The van der Waals surface area contributed by atoms with E-state index in [2.05, 4.69) is 33.0 Å². The molecule has 27 heavy (non-hydrogen) atoms. The smallest absolute Gasteiger partial charge is 0.256 e. The van der Waals surface area contributed by atoms with Crippen LogP contribution in [0, 0.1) is 5.92 Å². The van der Waals surface area contributed by atoms with Crippen LogP contribution in [0.15, 0.2) is 36.4 Å². The third-order valence-corrected chi connectivity index (χ3v) is 4.78. The van der Waals surface area contributed by atoms with Gasteiger partial charge >= 0.3 is 0 Å². The first-order chi connectivity index (χ1) is 12.8. The summed E-state index contributed by atoms with van der Waals surface area (Å²) in [7, 11) is 0. The second-order valence-electron chi connectivity index (χ2n) is 7.71. The van der Waals surface area contributed by atoms with Gasteiger partial charge in [-0.25, -0.2) is 0 Å². The highest BCUT2D eigenvalue weighted by molar-refractivity contribution is 6.06. The summed E-state index contributed by atoms with van der Waals surface area (Å²) in [5, 5.41) is 5.06. The summed E-state index contributed by atoms with van der Waals surface area (Å²) < 4.78 is 11.9. The Kier molecular flexibility index (Phi) is 7.25. The molecule has 0 aromatic heterocycles. The van der Waals surface area contributed by atoms with Gasteiger partial charge in [0.1, 0.15) is 11.4 Å². The van der Waals surface area contributed by atoms with Crippen molar-refractivity contribution in [3.63, 3.8) is 0 Å². The molecule has 1 amide bonds. The fraction of sp³-hybridized carbons (Fsp3) is 0.522. The summed E-state index contributed by atoms with van der Waals surface area (Å²) in [4.78, 5) is 13.0. The van der Waals surface area contributed by atoms with Gasteiger partial charge in [0.05, 0.1) is 6.10 Å². The van der Waals surface area contributed by atoms with Crippen molar-refractivity contribution in [1.29, 1.82) is 0 Å². The number of hydrogen-bond donors (Lipinski definition) is 1. The van der Waals surface area contributed by atoms with E-state index in [9.17, 15) is 4.79 Å². The maximum absolute atomic E-state index is 13.0. The highest BCUT2D eigenvalue weighted by atomic mass is 16.5. The lowest BCUT2D eigenvalue weighted by molar-refractivity contribution is -0.140. The standard InChI is InChI=1S/C23H33NO3/c1-7-17(5)27-21-14-13-20(18-11-9-10-12-19(18)21)24-22(25)23(6,26-8-2)15-16(3)4/h9-14,16-17H,7-8,15H2,1-6H3,(H,24,25)/t17-,23-/m1/s1. The molecule has 0 aliphatic rings. The fourth-order valence-corrected chi connectivity index (χ4v) is 3.35. The molecule has 0 unspecified atom stereocenters. The maximum Gasteiger partial charge on any atom is 0.256 e. The average molecular weight is 372 g/mol. The number of carbonyl (C=O) groups is 1. The molecule has 2 aromatic rings. The fourth-order valence-electron chi connectivity index (χ4n) is 3.35. The highest BCUT2D eigenvalue weighted by Crippen LogP contribution is 2.33. The van der Waals surface area contributed by atoms with E-state index in [0.29, 0.717) is 18.9 Å². The zero-order valence-electron chi connectivity index (χ0n) is 17.5. The van der Waals surface area contributed by atoms with Crippen molar-refractivity contribution in [3.05, 3.63) is 36.4 Å². The van der Waals surface area contributed by atoms with Gasteiger partial charge in [-0.05, 0) is 51.7 Å². The average Bonchev–Trinajstić information content (AvgIpc) is 2.63. The molecular weight excluding hydrogens is 338 g/mol. The van der Waals surface area contributed by atoms with Crippen LogP contribution in [0.1, 0.15) is 54.4 Å². The molecule has 0 saturated carbocycles. The van der Waals surface area contributed by atoms with Crippen molar-refractivity contribution in [2.75, 3.05) is 11.9 Å². The summed E-state index contributed by atoms with van der Waals surface area (Å²) >= 11 is 0. The van der Waals surface area contributed by atoms with Gasteiger partial charge in [-0.3, -0.25) is 4.79 Å². The normalized spacial score (nSPS) is 14.8. The van der Waals surface area contributed by atoms with E-state index in [1.807, 2.05) is 50.2 Å². The van der Waals surface area contributed by atoms with E-state index >= 15 is 0 Å². The van der Waals surface area contributed by atoms with Gasteiger partial charge in [-0.15, -0.1) is 0 Å². The predicted molar refractivity (Wildman–Crippen MR) is 112 cm³/mol. The molecule has 2 atom stereocenters. The minimum absolute atomic E-state index is 0.112. The lowest BCUT2D eigenvalue weighted by Crippen LogP contribution is -2.44. The predicted octanol–water partition coefficient (Wildman–Crippen LogP) is 5.80. The van der Waals surface area contributed by atoms with Crippen LogP contribution in [0.5, 0.6) is 5.75 Å². The van der Waals surface area contributed by atoms with Crippen molar-refractivity contribution in [1.82, 2.24) is 0 Å². The lowest BCUT2D eigenvalue weighted by atomic mass is 9.92. The highest BCUT2D eigenvalue weighted by Gasteiger charge is 2.35. The van der Waals surface area contributed by atoms with Gasteiger partial charge in [-0.1, -0.05) is 45.0 Å². The first-order valence-electron chi connectivity index (χ1n) is 9.94. The quantitative estimate of drug-likeness (QED) is 0.606. The van der Waals surface area contributed by atoms with Crippen molar-refractivity contribution >= 4 is 22.4 Å². The molecule has 1 N–H and O–H groups in total. The third kappa shape index (κ3) is 5.23. The van der Waals surface area contributed by atoms with Crippen LogP contribution in [0.2, 0.25) is 0 Å². The molecule has 4 nitrogen and oxygen atoms in total. The van der Waals surface area contributed by atoms with E-state index in [-0.39, 0.29) is 12.0 Å². The Morgan fingerprint density at radius 3 is 2.33 bits per heavy atom. The first-order valence-corrected chi connectivity index (χ1v) is 9.94. The van der Waals surface area contributed by atoms with E-state index in [1.165, 1.54) is 0 Å². The van der Waals surface area contributed by atoms with Crippen LogP contribution in [-0.2, 0) is 9.53 Å². The van der Waals surface area contributed by atoms with Gasteiger partial charge in [0.15, 0.2) is 0 Å². The van der Waals surface area contributed by atoms with Gasteiger partial charge in [0.2, 0.25) is 0 Å². The number of nitrogens with one attached hydrogen (secondary N) is 1. The number of ether oxygens (including phenoxy) is 2. The number of carbonyl (C=O) groups excluding carboxylic acids is 1. The Morgan fingerprint density at radius 2 is 1.74 bits per heavy atom. The SMILES string of the molecule is CCO[C@](C)(CC(C)C)C(=O)Nc1ccc(O[C@H](C)CC)c2ccccc12. The summed E-state index contributed by atoms with van der Waals surface area (Å²) in [6, 6.07) is 11.8. The van der Waals surface area contributed by atoms with E-state index < -0.39 is 5.60 Å². The number of fused-ring (bicyclic) bond motifs is 1. The van der Waals surface area contributed by atoms with Gasteiger partial charge < -0.3 is 14.8 Å². The Hall–Kier alpha value is -2.07. The molecule has 0 spiro atoms. The van der Waals surface area contributed by atoms with Crippen molar-refractivity contribution in [2.45, 2.75) is 66.1 Å². The van der Waals surface area contributed by atoms with Gasteiger partial charge in [0.25, 0.3) is 5.91 Å². The van der Waals surface area contributed by atoms with Gasteiger partial charge in [-0.2, -0.15) is 0 Å². The van der Waals surface area contributed by atoms with Crippen molar-refractivity contribution in [2.24, 2.45) is 5.92 Å². The zero-order chi connectivity index (χ0) is 20.0. The number of benzene rings is 2. The molecule has 0 aliphatic heterocycles. The zero-order valence-corrected chi connectivity index (χ0v) is 17.5. The van der Waals surface area contributed by atoms with Crippen LogP contribution in [0.4, 0.5) is 5.69 Å². The molecule has 148 valence electrons. The first kappa shape index (κ1) is 21.2. The van der Waals surface area contributed by atoms with Crippen LogP contribution >= 0.6 is 0 Å². The molecule has 0 radical (unpaired) electrons. The van der Waals surface area contributed by atoms with Crippen LogP contribution in [-0.4, -0.2) is 24.2 Å². The van der Waals surface area contributed by atoms with Gasteiger partial charge in [0, 0.05) is 23.1 Å². The molecule has 2 rings (SSSR count). The number of rotatable bonds is 9. The van der Waals surface area contributed by atoms with Crippen LogP contribution < -0.4 is 10.1 Å². The molecule has 0 saturated heterocycles. The largest absolute Gasteiger partial charge is 0.490 e. The minimum atomic E-state index is -0.851. The molecule has 0 heterocycles. The second kappa shape index (κ2) is 9.23. The summed E-state index contributed by atoms with van der Waals surface area (Å²) in [6.45, 7) is 12.6. The number of amides is 1. The number of hydrogen-bond acceptors (Lipinski definition) is 3. The Balaban J connectivity index is 2.36. The molecule has 0 bridgehead atoms. The minimum Gasteiger partial charge on any atom is -0.490 e. The second-order valence-corrected chi connectivity index (χ2v) is 7.71. The maximum atomic E-state index is 13.0. The molecule has 2 aromatic carbocycles. The topological polar surface area (TPSA) is 47.6 Å². The Bertz CT molecular complexity index is 771. The molecular formula is C23H33NO3. The van der Waals surface area contributed by atoms with E-state index in [4.69, 9.17) is 9.47 Å². The van der Waals surface area contributed by atoms with E-state index in [1.54, 1.807) is 0 Å². The van der Waals surface area contributed by atoms with Crippen molar-refractivity contribution < 1.29 is 14.3 Å². The molecule has 4 heteroatoms. The van der Waals surface area contributed by atoms with Crippen LogP contribution in [0.3, 0.4) is 0 Å². The molecule has 0 fully saturated rings. The number of anilines is 1. The summed E-state index contributed by atoms with van der Waals surface area (Å²) in [5.41, 5.74) is -0.0718.